The molecule has 0 aromatic carbocycles. The Morgan fingerprint density at radius 1 is 0.738 bits per heavy atom. The summed E-state index contributed by atoms with van der Waals surface area (Å²) in [4.78, 5) is 23.1. The lowest BCUT2D eigenvalue weighted by Crippen LogP contribution is -2.31. The normalized spacial score (nSPS) is 24.5. The lowest BCUT2D eigenvalue weighted by molar-refractivity contribution is -0.145. The summed E-state index contributed by atoms with van der Waals surface area (Å²) < 4.78 is 11.5. The van der Waals surface area contributed by atoms with E-state index >= 15 is 0 Å². The Balaban J connectivity index is 1.41. The minimum absolute atomic E-state index is 0.0338. The van der Waals surface area contributed by atoms with Crippen LogP contribution in [0.2, 0.25) is 0 Å². The SMILES string of the molecule is CCCCCCCCCCCC[C@H](O)[C@@H]1CC[C@H]([C@H](O)CCCC[C@H](O)CCCCC[C@@H]2C[C@H](CC(C)=O)C(=O)O2)O1. The zero-order valence-corrected chi connectivity index (χ0v) is 27.0. The number of ether oxygens (including phenoxy) is 2. The van der Waals surface area contributed by atoms with Crippen molar-refractivity contribution in [2.75, 3.05) is 0 Å². The predicted molar refractivity (Wildman–Crippen MR) is 167 cm³/mol. The molecule has 7 nitrogen and oxygen atoms in total. The predicted octanol–water partition coefficient (Wildman–Crippen LogP) is 7.35. The van der Waals surface area contributed by atoms with Crippen LogP contribution in [0.3, 0.4) is 0 Å². The highest BCUT2D eigenvalue weighted by molar-refractivity contribution is 5.83. The summed E-state index contributed by atoms with van der Waals surface area (Å²) in [5, 5.41) is 31.6. The first-order valence-corrected chi connectivity index (χ1v) is 17.7. The van der Waals surface area contributed by atoms with Crippen molar-refractivity contribution in [1.29, 1.82) is 0 Å². The molecule has 2 aliphatic heterocycles. The Labute approximate surface area is 256 Å². The second kappa shape index (κ2) is 22.5. The third kappa shape index (κ3) is 16.2. The number of carbonyl (C=O) groups is 2. The number of rotatable bonds is 26. The average Bonchev–Trinajstić information content (AvgIpc) is 3.58. The Kier molecular flexibility index (Phi) is 19.9. The van der Waals surface area contributed by atoms with E-state index in [1.54, 1.807) is 0 Å². The molecule has 0 unspecified atom stereocenters. The quantitative estimate of drug-likeness (QED) is 0.0707. The number of aliphatic hydroxyl groups is 3. The molecule has 0 aliphatic carbocycles. The van der Waals surface area contributed by atoms with Gasteiger partial charge in [0.1, 0.15) is 11.9 Å². The summed E-state index contributed by atoms with van der Waals surface area (Å²) in [5.74, 6) is -0.459. The Bertz CT molecular complexity index is 713. The van der Waals surface area contributed by atoms with Gasteiger partial charge in [-0.15, -0.1) is 0 Å². The molecule has 7 heteroatoms. The molecule has 0 bridgehead atoms. The van der Waals surface area contributed by atoms with Gasteiger partial charge in [-0.05, 0) is 64.7 Å². The van der Waals surface area contributed by atoms with Gasteiger partial charge in [-0.3, -0.25) is 4.79 Å². The van der Waals surface area contributed by atoms with Crippen LogP contribution in [0.25, 0.3) is 0 Å². The molecule has 7 atom stereocenters. The van der Waals surface area contributed by atoms with Crippen molar-refractivity contribution in [3.8, 4) is 0 Å². The van der Waals surface area contributed by atoms with E-state index in [9.17, 15) is 24.9 Å². The van der Waals surface area contributed by atoms with Crippen molar-refractivity contribution in [2.45, 2.75) is 205 Å². The van der Waals surface area contributed by atoms with Crippen molar-refractivity contribution in [2.24, 2.45) is 5.92 Å². The third-order valence-electron chi connectivity index (χ3n) is 9.35. The maximum atomic E-state index is 11.8. The van der Waals surface area contributed by atoms with Gasteiger partial charge in [0.25, 0.3) is 0 Å². The average molecular weight is 597 g/mol. The second-order valence-electron chi connectivity index (χ2n) is 13.4. The molecule has 0 spiro atoms. The zero-order chi connectivity index (χ0) is 30.6. The summed E-state index contributed by atoms with van der Waals surface area (Å²) >= 11 is 0. The van der Waals surface area contributed by atoms with Crippen molar-refractivity contribution < 1.29 is 34.4 Å². The molecule has 246 valence electrons. The van der Waals surface area contributed by atoms with Crippen LogP contribution in [0.15, 0.2) is 0 Å². The number of cyclic esters (lactones) is 1. The van der Waals surface area contributed by atoms with E-state index in [0.717, 1.165) is 77.0 Å². The lowest BCUT2D eigenvalue weighted by Gasteiger charge is -2.22. The summed E-state index contributed by atoms with van der Waals surface area (Å²) in [7, 11) is 0. The van der Waals surface area contributed by atoms with Crippen LogP contribution in [0, 0.1) is 5.92 Å². The number of unbranched alkanes of at least 4 members (excludes halogenated alkanes) is 12. The molecule has 42 heavy (non-hydrogen) atoms. The molecule has 0 amide bonds. The molecular formula is C35H64O7. The summed E-state index contributed by atoms with van der Waals surface area (Å²) in [5.41, 5.74) is 0. The maximum Gasteiger partial charge on any atom is 0.309 e. The van der Waals surface area contributed by atoms with Crippen LogP contribution < -0.4 is 0 Å². The Hall–Kier alpha value is -1.02. The van der Waals surface area contributed by atoms with Crippen molar-refractivity contribution in [3.63, 3.8) is 0 Å². The number of aliphatic hydroxyl groups excluding tert-OH is 3. The largest absolute Gasteiger partial charge is 0.462 e. The second-order valence-corrected chi connectivity index (χ2v) is 13.4. The number of hydrogen-bond donors (Lipinski definition) is 3. The van der Waals surface area contributed by atoms with E-state index in [1.807, 2.05) is 0 Å². The van der Waals surface area contributed by atoms with Gasteiger partial charge in [0.05, 0.1) is 36.4 Å². The zero-order valence-electron chi connectivity index (χ0n) is 27.0. The highest BCUT2D eigenvalue weighted by Gasteiger charge is 2.35. The molecule has 0 saturated carbocycles. The molecule has 2 saturated heterocycles. The van der Waals surface area contributed by atoms with Crippen molar-refractivity contribution in [1.82, 2.24) is 0 Å². The standard InChI is InChI=1S/C35H64O7/c1-3-4-5-6-7-8-9-10-11-15-21-31(38)33-23-24-34(42-33)32(39)22-17-16-19-29(37)18-13-12-14-20-30-26-28(25-27(2)36)35(40)41-30/h28-34,37-39H,3-26H2,1-2H3/t28-,29+,30+,31-,32+,33-,34+/m0/s1. The van der Waals surface area contributed by atoms with Crippen LogP contribution in [0.1, 0.15) is 168 Å². The molecule has 3 N–H and O–H groups in total. The minimum atomic E-state index is -0.503. The molecule has 2 heterocycles. The highest BCUT2D eigenvalue weighted by atomic mass is 16.6. The molecule has 0 radical (unpaired) electrons. The Morgan fingerprint density at radius 2 is 1.21 bits per heavy atom. The highest BCUT2D eigenvalue weighted by Crippen LogP contribution is 2.29. The monoisotopic (exact) mass is 596 g/mol. The summed E-state index contributed by atoms with van der Waals surface area (Å²) in [6.07, 6.45) is 22.2. The van der Waals surface area contributed by atoms with Crippen LogP contribution >= 0.6 is 0 Å². The van der Waals surface area contributed by atoms with E-state index in [-0.39, 0.29) is 48.5 Å². The number of carbonyl (C=O) groups excluding carboxylic acids is 2. The molecule has 2 rings (SSSR count). The molecular weight excluding hydrogens is 532 g/mol. The fraction of sp³-hybridized carbons (Fsp3) is 0.943. The van der Waals surface area contributed by atoms with Crippen LogP contribution in [-0.4, -0.2) is 63.7 Å². The van der Waals surface area contributed by atoms with Gasteiger partial charge in [0.15, 0.2) is 0 Å². The number of hydrogen-bond acceptors (Lipinski definition) is 7. The van der Waals surface area contributed by atoms with E-state index in [0.29, 0.717) is 12.8 Å². The molecule has 2 aliphatic rings. The molecule has 0 aromatic heterocycles. The van der Waals surface area contributed by atoms with Gasteiger partial charge < -0.3 is 29.6 Å². The topological polar surface area (TPSA) is 113 Å². The van der Waals surface area contributed by atoms with Gasteiger partial charge in [-0.1, -0.05) is 96.8 Å². The van der Waals surface area contributed by atoms with Gasteiger partial charge in [-0.25, -0.2) is 0 Å². The number of esters is 1. The molecule has 0 aromatic rings. The third-order valence-corrected chi connectivity index (χ3v) is 9.35. The molecule has 2 fully saturated rings. The number of ketones is 1. The summed E-state index contributed by atoms with van der Waals surface area (Å²) in [6.45, 7) is 3.77. The van der Waals surface area contributed by atoms with E-state index in [2.05, 4.69) is 6.92 Å². The lowest BCUT2D eigenvalue weighted by atomic mass is 9.96. The van der Waals surface area contributed by atoms with Gasteiger partial charge >= 0.3 is 5.97 Å². The van der Waals surface area contributed by atoms with Gasteiger partial charge in [-0.2, -0.15) is 0 Å². The number of Topliss-reactive ketones (excluding diaryl/α,β-unsaturated/α-hetero) is 1. The van der Waals surface area contributed by atoms with Gasteiger partial charge in [0, 0.05) is 6.42 Å². The summed E-state index contributed by atoms with van der Waals surface area (Å²) in [6, 6.07) is 0. The van der Waals surface area contributed by atoms with E-state index in [4.69, 9.17) is 9.47 Å². The van der Waals surface area contributed by atoms with Crippen LogP contribution in [-0.2, 0) is 19.1 Å². The fourth-order valence-electron chi connectivity index (χ4n) is 6.69. The van der Waals surface area contributed by atoms with E-state index in [1.165, 1.54) is 64.7 Å². The smallest absolute Gasteiger partial charge is 0.309 e. The van der Waals surface area contributed by atoms with Crippen LogP contribution in [0.4, 0.5) is 0 Å². The maximum absolute atomic E-state index is 11.8. The van der Waals surface area contributed by atoms with Crippen molar-refractivity contribution >= 4 is 11.8 Å². The van der Waals surface area contributed by atoms with Crippen LogP contribution in [0.5, 0.6) is 0 Å². The van der Waals surface area contributed by atoms with Crippen molar-refractivity contribution in [3.05, 3.63) is 0 Å². The first-order valence-electron chi connectivity index (χ1n) is 17.7. The minimum Gasteiger partial charge on any atom is -0.462 e. The first kappa shape index (κ1) is 37.2. The first-order chi connectivity index (χ1) is 20.3. The van der Waals surface area contributed by atoms with Gasteiger partial charge in [0.2, 0.25) is 0 Å². The van der Waals surface area contributed by atoms with E-state index < -0.39 is 12.2 Å². The fourth-order valence-corrected chi connectivity index (χ4v) is 6.69. The Morgan fingerprint density at radius 3 is 1.79 bits per heavy atom.